The number of carbonyl (C=O) groups excluding carboxylic acids is 4. The van der Waals surface area contributed by atoms with E-state index < -0.39 is 5.60 Å². The number of allylic oxidation sites excluding steroid dienone is 4. The lowest BCUT2D eigenvalue weighted by Crippen LogP contribution is -2.41. The van der Waals surface area contributed by atoms with E-state index in [4.69, 9.17) is 52.1 Å². The van der Waals surface area contributed by atoms with E-state index in [2.05, 4.69) is 74.1 Å². The standard InChI is InChI=1S/C8H14O3.2C7H12O.C6H12O2.2C6H10O2.3C6H10O.2C5H8O.CH4/c1-3-8(10)4-6(2)11-7(9)5-8;1-6-3-4-8-7(2)5-6;1-6-3-4-7(2)8-5-6;1-7-6-4-2-3-5-8-6;1-5-3-2-4-8-6(5)7;1-5-3-2-4-6(7)8-5;1-5-3-6(2)7-4-5;1-5-3-4-6(2)7-5;1-5-3-2-4-6(5)7;1-4-3-6-5(4)2;1-4-3-5(2)6-4;/h6,10H,3-5H2,1-2H3;3*6H,2-5H2,1H3;2*5H,2-4H2,1H3;5H,2-4H2,1H3;6H,1,3-4H2,2H3;5H,2-4H2,1H3;4H,2-3H2,1H3;5H,1,3H2,2H3;1H4. The van der Waals surface area contributed by atoms with Crippen LogP contribution in [0.4, 0.5) is 0 Å². The molecule has 1 saturated carbocycles. The zero-order valence-electron chi connectivity index (χ0n) is 54.5. The molecule has 11 fully saturated rings. The van der Waals surface area contributed by atoms with Crippen LogP contribution in [0.1, 0.15) is 225 Å². The fourth-order valence-electron chi connectivity index (χ4n) is 9.31. The Kier molecular flexibility index (Phi) is 42.9. The summed E-state index contributed by atoms with van der Waals surface area (Å²) in [5.41, 5.74) is -0.811. The fourth-order valence-corrected chi connectivity index (χ4v) is 9.31. The number of cyclic esters (lactones) is 3. The van der Waals surface area contributed by atoms with E-state index in [1.807, 2.05) is 34.6 Å². The molecular formula is C69H120O16. The highest BCUT2D eigenvalue weighted by molar-refractivity contribution is 5.82. The quantitative estimate of drug-likeness (QED) is 0.203. The first-order valence-electron chi connectivity index (χ1n) is 31.5. The van der Waals surface area contributed by atoms with Gasteiger partial charge in [-0.25, -0.2) is 0 Å². The van der Waals surface area contributed by atoms with Crippen molar-refractivity contribution in [1.29, 1.82) is 0 Å². The Morgan fingerprint density at radius 2 is 1.06 bits per heavy atom. The highest BCUT2D eigenvalue weighted by Gasteiger charge is 2.36. The minimum Gasteiger partial charge on any atom is -0.499 e. The summed E-state index contributed by atoms with van der Waals surface area (Å²) in [5.74, 6) is 9.16. The molecule has 0 aromatic carbocycles. The molecule has 0 amide bonds. The molecule has 1 N–H and O–H groups in total. The molecule has 16 nitrogen and oxygen atoms in total. The minimum atomic E-state index is -0.811. The average Bonchev–Trinajstić information content (AvgIpc) is 4.37. The number of aliphatic hydroxyl groups is 1. The van der Waals surface area contributed by atoms with Gasteiger partial charge in [-0.15, -0.1) is 0 Å². The van der Waals surface area contributed by atoms with E-state index in [1.54, 1.807) is 14.0 Å². The second kappa shape index (κ2) is 45.5. The minimum absolute atomic E-state index is 0. The maximum atomic E-state index is 10.9. The Bertz CT molecular complexity index is 1910. The van der Waals surface area contributed by atoms with E-state index >= 15 is 0 Å². The van der Waals surface area contributed by atoms with Gasteiger partial charge in [0.2, 0.25) is 0 Å². The number of methoxy groups -OCH3 is 1. The van der Waals surface area contributed by atoms with Gasteiger partial charge in [0.15, 0.2) is 6.29 Å². The van der Waals surface area contributed by atoms with Gasteiger partial charge >= 0.3 is 17.9 Å². The summed E-state index contributed by atoms with van der Waals surface area (Å²) in [6.45, 7) is 49.4. The molecule has 85 heavy (non-hydrogen) atoms. The number of esters is 3. The van der Waals surface area contributed by atoms with Crippen molar-refractivity contribution in [3.05, 3.63) is 74.0 Å². The van der Waals surface area contributed by atoms with E-state index in [9.17, 15) is 24.3 Å². The molecular weight excluding hydrogens is 1080 g/mol. The number of ketones is 1. The first-order valence-corrected chi connectivity index (χ1v) is 31.5. The van der Waals surface area contributed by atoms with Crippen LogP contribution >= 0.6 is 0 Å². The smallest absolute Gasteiger partial charge is 0.308 e. The van der Waals surface area contributed by atoms with Gasteiger partial charge in [0.25, 0.3) is 0 Å². The number of rotatable bonds is 2. The van der Waals surface area contributed by atoms with Crippen LogP contribution < -0.4 is 0 Å². The van der Waals surface area contributed by atoms with Crippen LogP contribution in [0.2, 0.25) is 0 Å². The summed E-state index contributed by atoms with van der Waals surface area (Å²) >= 11 is 0. The molecule has 12 unspecified atom stereocenters. The topological polar surface area (TPSA) is 190 Å². The van der Waals surface area contributed by atoms with Crippen molar-refractivity contribution in [3.63, 3.8) is 0 Å². The predicted molar refractivity (Wildman–Crippen MR) is 337 cm³/mol. The molecule has 10 saturated heterocycles. The van der Waals surface area contributed by atoms with Gasteiger partial charge in [-0.1, -0.05) is 95.4 Å². The molecule has 0 aromatic rings. The zero-order chi connectivity index (χ0) is 63.2. The molecule has 11 rings (SSSR count). The van der Waals surface area contributed by atoms with Crippen molar-refractivity contribution in [1.82, 2.24) is 0 Å². The highest BCUT2D eigenvalue weighted by atomic mass is 16.7. The van der Waals surface area contributed by atoms with Crippen molar-refractivity contribution in [3.8, 4) is 0 Å². The zero-order valence-corrected chi connectivity index (χ0v) is 54.5. The fraction of sp³-hybridized carbons (Fsp3) is 0.768. The third-order valence-corrected chi connectivity index (χ3v) is 15.2. The van der Waals surface area contributed by atoms with Crippen LogP contribution in [0.5, 0.6) is 0 Å². The molecule has 11 aliphatic rings. The molecule has 10 aliphatic heterocycles. The molecule has 0 spiro atoms. The Hall–Kier alpha value is -4.80. The Morgan fingerprint density at radius 3 is 1.33 bits per heavy atom. The third-order valence-electron chi connectivity index (χ3n) is 15.2. The molecule has 1 aliphatic carbocycles. The van der Waals surface area contributed by atoms with Crippen LogP contribution in [0.25, 0.3) is 0 Å². The molecule has 16 heteroatoms. The van der Waals surface area contributed by atoms with Gasteiger partial charge in [-0.05, 0) is 129 Å². The number of carbonyl (C=O) groups is 4. The van der Waals surface area contributed by atoms with Gasteiger partial charge in [0.1, 0.15) is 18.0 Å². The van der Waals surface area contributed by atoms with Gasteiger partial charge in [0.05, 0.1) is 97.7 Å². The summed E-state index contributed by atoms with van der Waals surface area (Å²) in [5, 5.41) is 9.72. The maximum Gasteiger partial charge on any atom is 0.308 e. The van der Waals surface area contributed by atoms with Gasteiger partial charge in [-0.3, -0.25) is 19.2 Å². The SMILES string of the molecule is C.C=C1CC(C)CCO1.C=C1CC(C)CO1.C=C1CC(C)O1.C=C1CCC(C)CO1.C=C1CCC(C)O1.C=C1OCC1C.CC1CCCC(=O)O1.CC1CCCC1=O.CC1CCCOC1=O.CCC1(O)CC(=O)OC(C)C1.COC1CCCCO1. The normalized spacial score (nSPS) is 31.0. The first-order chi connectivity index (χ1) is 39.6. The van der Waals surface area contributed by atoms with Crippen LogP contribution in [0.3, 0.4) is 0 Å². The lowest BCUT2D eigenvalue weighted by molar-refractivity contribution is -0.168. The van der Waals surface area contributed by atoms with Crippen LogP contribution in [0, 0.1) is 35.5 Å². The maximum absolute atomic E-state index is 10.9. The summed E-state index contributed by atoms with van der Waals surface area (Å²) in [6, 6.07) is 0. The number of ether oxygens (including phenoxy) is 11. The average molecular weight is 1210 g/mol. The lowest BCUT2D eigenvalue weighted by Gasteiger charge is -2.33. The van der Waals surface area contributed by atoms with Gasteiger partial charge < -0.3 is 57.2 Å². The summed E-state index contributed by atoms with van der Waals surface area (Å²) in [6.07, 6.45) is 22.5. The van der Waals surface area contributed by atoms with Crippen LogP contribution in [-0.4, -0.2) is 112 Å². The Labute approximate surface area is 515 Å². The Balaban J connectivity index is 0.000000915. The van der Waals surface area contributed by atoms with Crippen molar-refractivity contribution < 1.29 is 76.4 Å². The molecule has 10 heterocycles. The van der Waals surface area contributed by atoms with E-state index in [0.717, 1.165) is 169 Å². The lowest BCUT2D eigenvalue weighted by atomic mass is 9.88. The summed E-state index contributed by atoms with van der Waals surface area (Å²) in [4.78, 5) is 42.5. The third kappa shape index (κ3) is 40.3. The second-order valence-electron chi connectivity index (χ2n) is 24.4. The predicted octanol–water partition coefficient (Wildman–Crippen LogP) is 15.7. The molecule has 0 radical (unpaired) electrons. The van der Waals surface area contributed by atoms with Crippen molar-refractivity contribution in [2.75, 3.05) is 46.8 Å². The first kappa shape index (κ1) is 80.2. The Morgan fingerprint density at radius 1 is 0.482 bits per heavy atom. The van der Waals surface area contributed by atoms with E-state index in [0.29, 0.717) is 61.6 Å². The number of hydrogen-bond donors (Lipinski definition) is 1. The van der Waals surface area contributed by atoms with Crippen molar-refractivity contribution >= 4 is 23.7 Å². The highest BCUT2D eigenvalue weighted by Crippen LogP contribution is 2.29. The molecule has 0 aromatic heterocycles. The van der Waals surface area contributed by atoms with Crippen molar-refractivity contribution in [2.45, 2.75) is 261 Å². The largest absolute Gasteiger partial charge is 0.499 e. The molecule has 12 atom stereocenters. The molecule has 492 valence electrons. The van der Waals surface area contributed by atoms with Crippen molar-refractivity contribution in [2.24, 2.45) is 35.5 Å². The van der Waals surface area contributed by atoms with E-state index in [1.165, 1.54) is 25.7 Å². The van der Waals surface area contributed by atoms with Gasteiger partial charge in [0, 0.05) is 76.9 Å². The van der Waals surface area contributed by atoms with E-state index in [-0.39, 0.29) is 56.2 Å². The number of Topliss-reactive ketones (excluding diaryl/α,β-unsaturated/α-hetero) is 1. The summed E-state index contributed by atoms with van der Waals surface area (Å²) in [7, 11) is 1.69. The van der Waals surface area contributed by atoms with Crippen LogP contribution in [0.15, 0.2) is 74.0 Å². The number of hydrogen-bond acceptors (Lipinski definition) is 16. The van der Waals surface area contributed by atoms with Crippen LogP contribution in [-0.2, 0) is 71.3 Å². The monoisotopic (exact) mass is 1200 g/mol. The molecule has 0 bridgehead atoms. The van der Waals surface area contributed by atoms with Gasteiger partial charge in [-0.2, -0.15) is 0 Å². The second-order valence-corrected chi connectivity index (χ2v) is 24.4. The summed E-state index contributed by atoms with van der Waals surface area (Å²) < 4.78 is 55.0.